The summed E-state index contributed by atoms with van der Waals surface area (Å²) in [6.07, 6.45) is 1.86. The molecule has 0 radical (unpaired) electrons. The lowest BCUT2D eigenvalue weighted by Crippen LogP contribution is -2.15. The number of benzene rings is 1. The molecule has 0 bridgehead atoms. The highest BCUT2D eigenvalue weighted by atomic mass is 79.9. The van der Waals surface area contributed by atoms with E-state index in [1.54, 1.807) is 12.3 Å². The maximum Gasteiger partial charge on any atom is 0.228 e. The van der Waals surface area contributed by atoms with Gasteiger partial charge in [0.25, 0.3) is 0 Å². The largest absolute Gasteiger partial charge is 0.323 e. The Labute approximate surface area is 132 Å². The zero-order valence-corrected chi connectivity index (χ0v) is 13.6. The molecule has 3 nitrogen and oxygen atoms in total. The molecule has 0 atom stereocenters. The van der Waals surface area contributed by atoms with Crippen LogP contribution in [0.25, 0.3) is 0 Å². The molecular weight excluding hydrogens is 395 g/mol. The number of rotatable bonds is 3. The second kappa shape index (κ2) is 6.50. The molecular formula is C13H9Br2ClN2O. The smallest absolute Gasteiger partial charge is 0.228 e. The molecule has 0 spiro atoms. The molecule has 2 rings (SSSR count). The maximum absolute atomic E-state index is 11.9. The van der Waals surface area contributed by atoms with E-state index < -0.39 is 0 Å². The van der Waals surface area contributed by atoms with E-state index in [9.17, 15) is 4.79 Å². The second-order valence-corrected chi connectivity index (χ2v) is 6.04. The van der Waals surface area contributed by atoms with Crippen LogP contribution in [0.5, 0.6) is 0 Å². The lowest BCUT2D eigenvalue weighted by Gasteiger charge is -2.07. The first-order valence-electron chi connectivity index (χ1n) is 5.40. The van der Waals surface area contributed by atoms with Gasteiger partial charge in [-0.2, -0.15) is 0 Å². The van der Waals surface area contributed by atoms with Crippen LogP contribution >= 0.6 is 43.5 Å². The first kappa shape index (κ1) is 14.5. The van der Waals surface area contributed by atoms with Crippen molar-refractivity contribution in [2.75, 3.05) is 5.32 Å². The highest BCUT2D eigenvalue weighted by Crippen LogP contribution is 2.23. The average Bonchev–Trinajstić information content (AvgIpc) is 2.34. The molecule has 0 aliphatic rings. The van der Waals surface area contributed by atoms with E-state index in [0.717, 1.165) is 14.5 Å². The number of hydrogen-bond acceptors (Lipinski definition) is 2. The minimum Gasteiger partial charge on any atom is -0.323 e. The normalized spacial score (nSPS) is 10.3. The van der Waals surface area contributed by atoms with Crippen molar-refractivity contribution in [3.8, 4) is 0 Å². The minimum atomic E-state index is -0.139. The number of carbonyl (C=O) groups excluding carboxylic acids is 1. The molecule has 0 aliphatic heterocycles. The molecule has 1 amide bonds. The summed E-state index contributed by atoms with van der Waals surface area (Å²) in [6.45, 7) is 0. The standard InChI is InChI=1S/C13H9Br2ClN2O/c14-9-3-1-2-8(4-9)5-12(19)18-11-6-10(15)7-17-13(11)16/h1-4,6-7H,5H2,(H,18,19). The molecule has 0 unspecified atom stereocenters. The molecule has 1 heterocycles. The van der Waals surface area contributed by atoms with Crippen LogP contribution in [0, 0.1) is 0 Å². The van der Waals surface area contributed by atoms with Gasteiger partial charge in [-0.15, -0.1) is 0 Å². The molecule has 0 saturated heterocycles. The van der Waals surface area contributed by atoms with E-state index >= 15 is 0 Å². The summed E-state index contributed by atoms with van der Waals surface area (Å²) in [7, 11) is 0. The molecule has 19 heavy (non-hydrogen) atoms. The number of amides is 1. The van der Waals surface area contributed by atoms with Crippen molar-refractivity contribution in [3.05, 3.63) is 56.2 Å². The monoisotopic (exact) mass is 402 g/mol. The Morgan fingerprint density at radius 1 is 1.26 bits per heavy atom. The summed E-state index contributed by atoms with van der Waals surface area (Å²) in [5, 5.41) is 3.01. The van der Waals surface area contributed by atoms with Gasteiger partial charge in [0.15, 0.2) is 5.15 Å². The van der Waals surface area contributed by atoms with Crippen molar-refractivity contribution in [1.82, 2.24) is 4.98 Å². The van der Waals surface area contributed by atoms with Crippen LogP contribution in [0.2, 0.25) is 5.15 Å². The summed E-state index contributed by atoms with van der Waals surface area (Å²) < 4.78 is 1.70. The van der Waals surface area contributed by atoms with Gasteiger partial charge >= 0.3 is 0 Å². The number of pyridine rings is 1. The number of nitrogens with one attached hydrogen (secondary N) is 1. The lowest BCUT2D eigenvalue weighted by atomic mass is 10.1. The van der Waals surface area contributed by atoms with E-state index in [1.165, 1.54) is 0 Å². The summed E-state index contributed by atoms with van der Waals surface area (Å²) in [6, 6.07) is 9.32. The van der Waals surface area contributed by atoms with Crippen LogP contribution in [-0.2, 0) is 11.2 Å². The predicted molar refractivity (Wildman–Crippen MR) is 83.4 cm³/mol. The minimum absolute atomic E-state index is 0.139. The van der Waals surface area contributed by atoms with Crippen LogP contribution in [0.4, 0.5) is 5.69 Å². The van der Waals surface area contributed by atoms with E-state index in [-0.39, 0.29) is 17.5 Å². The third-order valence-corrected chi connectivity index (χ3v) is 3.56. The Hall–Kier alpha value is -0.910. The van der Waals surface area contributed by atoms with Gasteiger partial charge in [-0.3, -0.25) is 4.79 Å². The van der Waals surface area contributed by atoms with Crippen molar-refractivity contribution in [2.24, 2.45) is 0 Å². The highest BCUT2D eigenvalue weighted by molar-refractivity contribution is 9.10. The van der Waals surface area contributed by atoms with Gasteiger partial charge in [0, 0.05) is 15.1 Å². The molecule has 2 aromatic rings. The summed E-state index contributed by atoms with van der Waals surface area (Å²) in [4.78, 5) is 15.9. The van der Waals surface area contributed by atoms with E-state index in [1.807, 2.05) is 24.3 Å². The van der Waals surface area contributed by atoms with Crippen molar-refractivity contribution >= 4 is 55.1 Å². The molecule has 0 saturated carbocycles. The Bertz CT molecular complexity index is 619. The fourth-order valence-electron chi connectivity index (χ4n) is 1.54. The first-order valence-corrected chi connectivity index (χ1v) is 7.36. The topological polar surface area (TPSA) is 42.0 Å². The van der Waals surface area contributed by atoms with Gasteiger partial charge in [0.1, 0.15) is 0 Å². The van der Waals surface area contributed by atoms with Crippen molar-refractivity contribution in [1.29, 1.82) is 0 Å². The third kappa shape index (κ3) is 4.30. The van der Waals surface area contributed by atoms with Gasteiger partial charge in [0.2, 0.25) is 5.91 Å². The SMILES string of the molecule is O=C(Cc1cccc(Br)c1)Nc1cc(Br)cnc1Cl. The number of halogens is 3. The number of aromatic nitrogens is 1. The zero-order valence-electron chi connectivity index (χ0n) is 9.66. The summed E-state index contributed by atoms with van der Waals surface area (Å²) >= 11 is 12.6. The number of carbonyl (C=O) groups is 1. The molecule has 6 heteroatoms. The molecule has 0 aliphatic carbocycles. The van der Waals surface area contributed by atoms with Crippen molar-refractivity contribution in [3.63, 3.8) is 0 Å². The molecule has 0 fully saturated rings. The average molecular weight is 404 g/mol. The highest BCUT2D eigenvalue weighted by Gasteiger charge is 2.08. The van der Waals surface area contributed by atoms with E-state index in [0.29, 0.717) is 5.69 Å². The van der Waals surface area contributed by atoms with E-state index in [2.05, 4.69) is 42.2 Å². The Morgan fingerprint density at radius 2 is 2.05 bits per heavy atom. The number of anilines is 1. The first-order chi connectivity index (χ1) is 9.04. The van der Waals surface area contributed by atoms with Crippen molar-refractivity contribution < 1.29 is 4.79 Å². The van der Waals surface area contributed by atoms with Gasteiger partial charge in [-0.05, 0) is 39.7 Å². The van der Waals surface area contributed by atoms with Gasteiger partial charge in [0.05, 0.1) is 12.1 Å². The van der Waals surface area contributed by atoms with Crippen LogP contribution in [0.3, 0.4) is 0 Å². The fourth-order valence-corrected chi connectivity index (χ4v) is 2.47. The Kier molecular flexibility index (Phi) is 4.96. The Balaban J connectivity index is 2.07. The Morgan fingerprint density at radius 3 is 2.79 bits per heavy atom. The van der Waals surface area contributed by atoms with Crippen LogP contribution in [-0.4, -0.2) is 10.9 Å². The third-order valence-electron chi connectivity index (χ3n) is 2.33. The van der Waals surface area contributed by atoms with Crippen LogP contribution < -0.4 is 5.32 Å². The lowest BCUT2D eigenvalue weighted by molar-refractivity contribution is -0.115. The van der Waals surface area contributed by atoms with Gasteiger partial charge in [-0.25, -0.2) is 4.98 Å². The zero-order chi connectivity index (χ0) is 13.8. The molecule has 1 N–H and O–H groups in total. The molecule has 1 aromatic heterocycles. The van der Waals surface area contributed by atoms with Crippen molar-refractivity contribution in [2.45, 2.75) is 6.42 Å². The maximum atomic E-state index is 11.9. The molecule has 98 valence electrons. The van der Waals surface area contributed by atoms with E-state index in [4.69, 9.17) is 11.6 Å². The van der Waals surface area contributed by atoms with Crippen LogP contribution in [0.15, 0.2) is 45.5 Å². The second-order valence-electron chi connectivity index (χ2n) is 3.85. The predicted octanol–water partition coefficient (Wildman–Crippen LogP) is 4.44. The molecule has 1 aromatic carbocycles. The van der Waals surface area contributed by atoms with Gasteiger partial charge < -0.3 is 5.32 Å². The number of hydrogen-bond donors (Lipinski definition) is 1. The summed E-state index contributed by atoms with van der Waals surface area (Å²) in [5.74, 6) is -0.139. The fraction of sp³-hybridized carbons (Fsp3) is 0.0769. The quantitative estimate of drug-likeness (QED) is 0.769. The van der Waals surface area contributed by atoms with Crippen LogP contribution in [0.1, 0.15) is 5.56 Å². The summed E-state index contributed by atoms with van der Waals surface area (Å²) in [5.41, 5.74) is 1.42. The number of nitrogens with zero attached hydrogens (tertiary/aromatic N) is 1. The van der Waals surface area contributed by atoms with Gasteiger partial charge in [-0.1, -0.05) is 39.7 Å².